The zero-order valence-electron chi connectivity index (χ0n) is 10.0. The van der Waals surface area contributed by atoms with Crippen LogP contribution in [0.3, 0.4) is 0 Å². The largest absolute Gasteiger partial charge is 0.496 e. The molecule has 0 bridgehead atoms. The molecule has 0 amide bonds. The molecule has 0 aliphatic heterocycles. The third-order valence-corrected chi connectivity index (χ3v) is 3.94. The van der Waals surface area contributed by atoms with Gasteiger partial charge in [0.05, 0.1) is 12.0 Å². The number of hydrogen-bond acceptors (Lipinski definition) is 3. The first kappa shape index (κ1) is 13.3. The minimum absolute atomic E-state index is 0.457. The molecule has 0 heterocycles. The van der Waals surface area contributed by atoms with Gasteiger partial charge in [0.15, 0.2) is 0 Å². The molecule has 0 aliphatic carbocycles. The van der Waals surface area contributed by atoms with Gasteiger partial charge in [-0.25, -0.2) is 0 Å². The lowest BCUT2D eigenvalue weighted by Crippen LogP contribution is -1.96. The Hall–Kier alpha value is -1.16. The lowest BCUT2D eigenvalue weighted by Gasteiger charge is -2.09. The normalized spacial score (nSPS) is 10.4. The maximum Gasteiger partial charge on any atom is 0.132 e. The third-order valence-electron chi connectivity index (χ3n) is 2.54. The van der Waals surface area contributed by atoms with Gasteiger partial charge in [0.1, 0.15) is 5.75 Å². The van der Waals surface area contributed by atoms with Crippen molar-refractivity contribution in [3.05, 3.63) is 53.1 Å². The van der Waals surface area contributed by atoms with Crippen molar-refractivity contribution in [2.45, 2.75) is 16.3 Å². The zero-order valence-corrected chi connectivity index (χ0v) is 11.6. The molecule has 2 aromatic carbocycles. The molecule has 0 atom stereocenters. The highest BCUT2D eigenvalue weighted by molar-refractivity contribution is 7.99. The molecule has 94 valence electrons. The van der Waals surface area contributed by atoms with Crippen molar-refractivity contribution < 1.29 is 4.74 Å². The van der Waals surface area contributed by atoms with Gasteiger partial charge in [-0.2, -0.15) is 0 Å². The second kappa shape index (κ2) is 6.14. The van der Waals surface area contributed by atoms with Gasteiger partial charge in [-0.3, -0.25) is 0 Å². The van der Waals surface area contributed by atoms with Crippen LogP contribution in [0.5, 0.6) is 5.75 Å². The van der Waals surface area contributed by atoms with Crippen LogP contribution in [-0.4, -0.2) is 7.11 Å². The molecule has 0 aromatic heterocycles. The van der Waals surface area contributed by atoms with Crippen LogP contribution in [-0.2, 0) is 6.54 Å². The quantitative estimate of drug-likeness (QED) is 0.920. The number of methoxy groups -OCH3 is 1. The fraction of sp³-hybridized carbons (Fsp3) is 0.143. The summed E-state index contributed by atoms with van der Waals surface area (Å²) >= 11 is 7.77. The first-order chi connectivity index (χ1) is 8.74. The van der Waals surface area contributed by atoms with Crippen molar-refractivity contribution in [1.82, 2.24) is 0 Å². The molecular formula is C14H14ClNOS. The summed E-state index contributed by atoms with van der Waals surface area (Å²) in [5.41, 5.74) is 6.55. The van der Waals surface area contributed by atoms with Crippen LogP contribution < -0.4 is 10.5 Å². The van der Waals surface area contributed by atoms with Crippen molar-refractivity contribution in [2.24, 2.45) is 5.73 Å². The number of para-hydroxylation sites is 1. The van der Waals surface area contributed by atoms with Gasteiger partial charge in [-0.1, -0.05) is 41.6 Å². The number of hydrogen-bond donors (Lipinski definition) is 1. The SMILES string of the molecule is COc1ccccc1Sc1ccc(CN)c(Cl)c1. The Bertz CT molecular complexity index is 545. The van der Waals surface area contributed by atoms with Gasteiger partial charge in [-0.15, -0.1) is 0 Å². The monoisotopic (exact) mass is 279 g/mol. The van der Waals surface area contributed by atoms with E-state index >= 15 is 0 Å². The molecule has 18 heavy (non-hydrogen) atoms. The van der Waals surface area contributed by atoms with Gasteiger partial charge in [-0.05, 0) is 29.8 Å². The maximum atomic E-state index is 6.14. The van der Waals surface area contributed by atoms with Crippen LogP contribution in [0.1, 0.15) is 5.56 Å². The minimum Gasteiger partial charge on any atom is -0.496 e. The lowest BCUT2D eigenvalue weighted by molar-refractivity contribution is 0.405. The molecule has 2 N–H and O–H groups in total. The summed E-state index contributed by atoms with van der Waals surface area (Å²) in [6, 6.07) is 13.8. The molecule has 2 aromatic rings. The Morgan fingerprint density at radius 3 is 2.67 bits per heavy atom. The first-order valence-corrected chi connectivity index (χ1v) is 6.73. The van der Waals surface area contributed by atoms with E-state index in [-0.39, 0.29) is 0 Å². The van der Waals surface area contributed by atoms with Crippen molar-refractivity contribution in [3.8, 4) is 5.75 Å². The van der Waals surface area contributed by atoms with Crippen molar-refractivity contribution in [3.63, 3.8) is 0 Å². The number of ether oxygens (including phenoxy) is 1. The highest BCUT2D eigenvalue weighted by Crippen LogP contribution is 2.36. The van der Waals surface area contributed by atoms with E-state index in [2.05, 4.69) is 0 Å². The minimum atomic E-state index is 0.457. The summed E-state index contributed by atoms with van der Waals surface area (Å²) in [7, 11) is 1.67. The maximum absolute atomic E-state index is 6.14. The molecule has 0 radical (unpaired) electrons. The average Bonchev–Trinajstić information content (AvgIpc) is 2.39. The zero-order chi connectivity index (χ0) is 13.0. The second-order valence-electron chi connectivity index (χ2n) is 3.71. The highest BCUT2D eigenvalue weighted by atomic mass is 35.5. The Morgan fingerprint density at radius 2 is 2.00 bits per heavy atom. The number of rotatable bonds is 4. The van der Waals surface area contributed by atoms with Gasteiger partial charge >= 0.3 is 0 Å². The van der Waals surface area contributed by atoms with Gasteiger partial charge in [0.2, 0.25) is 0 Å². The topological polar surface area (TPSA) is 35.2 Å². The van der Waals surface area contributed by atoms with Crippen LogP contribution in [0.2, 0.25) is 5.02 Å². The second-order valence-corrected chi connectivity index (χ2v) is 5.23. The Kier molecular flexibility index (Phi) is 4.53. The van der Waals surface area contributed by atoms with Crippen LogP contribution in [0.4, 0.5) is 0 Å². The molecule has 0 saturated heterocycles. The summed E-state index contributed by atoms with van der Waals surface area (Å²) in [5.74, 6) is 0.863. The Balaban J connectivity index is 2.26. The third kappa shape index (κ3) is 2.99. The number of benzene rings is 2. The fourth-order valence-electron chi connectivity index (χ4n) is 1.59. The molecule has 0 unspecified atom stereocenters. The standard InChI is InChI=1S/C14H14ClNOS/c1-17-13-4-2-3-5-14(13)18-11-7-6-10(9-16)12(15)8-11/h2-8H,9,16H2,1H3. The first-order valence-electron chi connectivity index (χ1n) is 5.54. The lowest BCUT2D eigenvalue weighted by atomic mass is 10.2. The summed E-state index contributed by atoms with van der Waals surface area (Å²) in [4.78, 5) is 2.14. The predicted octanol–water partition coefficient (Wildman–Crippen LogP) is 3.96. The molecule has 4 heteroatoms. The average molecular weight is 280 g/mol. The van der Waals surface area contributed by atoms with E-state index in [1.807, 2.05) is 42.5 Å². The summed E-state index contributed by atoms with van der Waals surface area (Å²) in [5, 5.41) is 0.706. The molecule has 0 saturated carbocycles. The van der Waals surface area contributed by atoms with E-state index in [0.717, 1.165) is 21.1 Å². The summed E-state index contributed by atoms with van der Waals surface area (Å²) in [6.45, 7) is 0.457. The van der Waals surface area contributed by atoms with E-state index < -0.39 is 0 Å². The molecule has 0 aliphatic rings. The van der Waals surface area contributed by atoms with Crippen molar-refractivity contribution in [2.75, 3.05) is 7.11 Å². The smallest absolute Gasteiger partial charge is 0.132 e. The molecule has 0 spiro atoms. The summed E-state index contributed by atoms with van der Waals surface area (Å²) < 4.78 is 5.32. The molecule has 2 rings (SSSR count). The Morgan fingerprint density at radius 1 is 1.22 bits per heavy atom. The summed E-state index contributed by atoms with van der Waals surface area (Å²) in [6.07, 6.45) is 0. The van der Waals surface area contributed by atoms with Gasteiger partial charge in [0, 0.05) is 16.5 Å². The van der Waals surface area contributed by atoms with E-state index in [9.17, 15) is 0 Å². The number of halogens is 1. The van der Waals surface area contributed by atoms with Crippen LogP contribution >= 0.6 is 23.4 Å². The van der Waals surface area contributed by atoms with Gasteiger partial charge < -0.3 is 10.5 Å². The Labute approximate surface area is 116 Å². The number of nitrogens with two attached hydrogens (primary N) is 1. The highest BCUT2D eigenvalue weighted by Gasteiger charge is 2.06. The predicted molar refractivity (Wildman–Crippen MR) is 76.5 cm³/mol. The van der Waals surface area contributed by atoms with Crippen molar-refractivity contribution >= 4 is 23.4 Å². The molecule has 0 fully saturated rings. The van der Waals surface area contributed by atoms with Crippen LogP contribution in [0, 0.1) is 0 Å². The fourth-order valence-corrected chi connectivity index (χ4v) is 2.87. The van der Waals surface area contributed by atoms with E-state index in [4.69, 9.17) is 22.1 Å². The van der Waals surface area contributed by atoms with E-state index in [0.29, 0.717) is 11.6 Å². The van der Waals surface area contributed by atoms with Crippen molar-refractivity contribution in [1.29, 1.82) is 0 Å². The van der Waals surface area contributed by atoms with Gasteiger partial charge in [0.25, 0.3) is 0 Å². The van der Waals surface area contributed by atoms with E-state index in [1.54, 1.807) is 18.9 Å². The van der Waals surface area contributed by atoms with E-state index in [1.165, 1.54) is 0 Å². The van der Waals surface area contributed by atoms with Crippen LogP contribution in [0.25, 0.3) is 0 Å². The molecular weight excluding hydrogens is 266 g/mol. The molecule has 2 nitrogen and oxygen atoms in total. The van der Waals surface area contributed by atoms with Crippen LogP contribution in [0.15, 0.2) is 52.3 Å².